The summed E-state index contributed by atoms with van der Waals surface area (Å²) in [5, 5.41) is 0.287. The molecule has 1 aliphatic heterocycles. The van der Waals surface area contributed by atoms with Crippen molar-refractivity contribution in [2.75, 3.05) is 31.6 Å². The van der Waals surface area contributed by atoms with Crippen molar-refractivity contribution in [2.24, 2.45) is 0 Å². The molecule has 2 rings (SSSR count). The molecule has 94 valence electrons. The van der Waals surface area contributed by atoms with E-state index in [-0.39, 0.29) is 10.6 Å². The summed E-state index contributed by atoms with van der Waals surface area (Å²) in [6, 6.07) is 0.331. The second-order valence-electron chi connectivity index (χ2n) is 4.33. The Hall–Kier alpha value is -0.650. The number of likely N-dealkylation sites (N-methyl/N-ethyl adjacent to an activating group) is 1. The summed E-state index contributed by atoms with van der Waals surface area (Å²) < 4.78 is 0. The quantitative estimate of drug-likeness (QED) is 0.781. The Morgan fingerprint density at radius 2 is 1.76 bits per heavy atom. The molecule has 1 aromatic rings. The minimum Gasteiger partial charge on any atom is -0.337 e. The van der Waals surface area contributed by atoms with Gasteiger partial charge in [-0.15, -0.1) is 0 Å². The van der Waals surface area contributed by atoms with Crippen molar-refractivity contribution in [1.82, 2.24) is 19.9 Å². The summed E-state index contributed by atoms with van der Waals surface area (Å²) in [6.45, 7) is 5.10. The van der Waals surface area contributed by atoms with Gasteiger partial charge in [0.15, 0.2) is 0 Å². The number of hydrogen-bond donors (Lipinski definition) is 0. The third-order valence-corrected chi connectivity index (χ3v) is 3.21. The standard InChI is InChI=1S/C10H15Cl2N5/c1-7-6-16(2)4-3-5-17(7)10-14-8(11)13-9(12)15-10/h7H,3-6H2,1-2H3. The van der Waals surface area contributed by atoms with Crippen LogP contribution in [0.15, 0.2) is 0 Å². The summed E-state index contributed by atoms with van der Waals surface area (Å²) >= 11 is 11.6. The Morgan fingerprint density at radius 1 is 1.12 bits per heavy atom. The Labute approximate surface area is 111 Å². The maximum absolute atomic E-state index is 5.80. The van der Waals surface area contributed by atoms with E-state index in [0.717, 1.165) is 26.1 Å². The SMILES string of the molecule is CC1CN(C)CCCN1c1nc(Cl)nc(Cl)n1. The molecule has 1 fully saturated rings. The van der Waals surface area contributed by atoms with Gasteiger partial charge >= 0.3 is 0 Å². The second-order valence-corrected chi connectivity index (χ2v) is 5.01. The molecule has 1 unspecified atom stereocenters. The molecule has 1 saturated heterocycles. The molecule has 0 N–H and O–H groups in total. The van der Waals surface area contributed by atoms with Gasteiger partial charge in [0, 0.05) is 19.1 Å². The third kappa shape index (κ3) is 3.18. The van der Waals surface area contributed by atoms with Crippen molar-refractivity contribution in [1.29, 1.82) is 0 Å². The third-order valence-electron chi connectivity index (χ3n) is 2.87. The lowest BCUT2D eigenvalue weighted by atomic mass is 10.3. The molecule has 0 aromatic carbocycles. The van der Waals surface area contributed by atoms with E-state index in [0.29, 0.717) is 12.0 Å². The first kappa shape index (κ1) is 12.8. The van der Waals surface area contributed by atoms with Crippen LogP contribution in [-0.4, -0.2) is 52.6 Å². The van der Waals surface area contributed by atoms with E-state index in [2.05, 4.69) is 38.7 Å². The molecule has 0 saturated carbocycles. The van der Waals surface area contributed by atoms with E-state index in [1.54, 1.807) is 0 Å². The number of halogens is 2. The highest BCUT2D eigenvalue weighted by atomic mass is 35.5. The summed E-state index contributed by atoms with van der Waals surface area (Å²) in [5.41, 5.74) is 0. The molecular weight excluding hydrogens is 261 g/mol. The lowest BCUT2D eigenvalue weighted by Gasteiger charge is -2.27. The van der Waals surface area contributed by atoms with Gasteiger partial charge in [-0.3, -0.25) is 0 Å². The fourth-order valence-electron chi connectivity index (χ4n) is 2.11. The van der Waals surface area contributed by atoms with Gasteiger partial charge in [-0.25, -0.2) is 0 Å². The van der Waals surface area contributed by atoms with Gasteiger partial charge < -0.3 is 9.80 Å². The van der Waals surface area contributed by atoms with Crippen LogP contribution < -0.4 is 4.90 Å². The predicted molar refractivity (Wildman–Crippen MR) is 68.8 cm³/mol. The zero-order chi connectivity index (χ0) is 12.4. The molecule has 1 atom stereocenters. The zero-order valence-electron chi connectivity index (χ0n) is 9.90. The predicted octanol–water partition coefficient (Wildman–Crippen LogP) is 1.71. The van der Waals surface area contributed by atoms with E-state index in [9.17, 15) is 0 Å². The number of rotatable bonds is 1. The summed E-state index contributed by atoms with van der Waals surface area (Å²) in [4.78, 5) is 16.5. The lowest BCUT2D eigenvalue weighted by Crippen LogP contribution is -2.39. The highest BCUT2D eigenvalue weighted by Gasteiger charge is 2.22. The van der Waals surface area contributed by atoms with Crippen LogP contribution in [0.4, 0.5) is 5.95 Å². The molecule has 5 nitrogen and oxygen atoms in total. The number of nitrogens with zero attached hydrogens (tertiary/aromatic N) is 5. The number of aromatic nitrogens is 3. The van der Waals surface area contributed by atoms with Gasteiger partial charge in [0.2, 0.25) is 16.5 Å². The Bertz CT molecular complexity index is 380. The molecule has 0 spiro atoms. The molecule has 0 aliphatic carbocycles. The summed E-state index contributed by atoms with van der Waals surface area (Å²) in [7, 11) is 2.12. The molecule has 0 radical (unpaired) electrons. The molecule has 0 amide bonds. The van der Waals surface area contributed by atoms with E-state index >= 15 is 0 Å². The highest BCUT2D eigenvalue weighted by molar-refractivity contribution is 6.31. The van der Waals surface area contributed by atoms with Gasteiger partial charge in [-0.05, 0) is 50.1 Å². The summed E-state index contributed by atoms with van der Waals surface area (Å²) in [5.74, 6) is 0.567. The molecule has 7 heteroatoms. The van der Waals surface area contributed by atoms with Crippen LogP contribution in [0, 0.1) is 0 Å². The minimum absolute atomic E-state index is 0.143. The summed E-state index contributed by atoms with van der Waals surface area (Å²) in [6.07, 6.45) is 1.07. The van der Waals surface area contributed by atoms with Crippen LogP contribution in [0.1, 0.15) is 13.3 Å². The zero-order valence-corrected chi connectivity index (χ0v) is 11.4. The normalized spacial score (nSPS) is 22.6. The van der Waals surface area contributed by atoms with Crippen LogP contribution in [0.3, 0.4) is 0 Å². The van der Waals surface area contributed by atoms with Crippen LogP contribution in [0.2, 0.25) is 10.6 Å². The molecule has 0 bridgehead atoms. The van der Waals surface area contributed by atoms with Crippen molar-refractivity contribution in [3.8, 4) is 0 Å². The minimum atomic E-state index is 0.143. The molecule has 2 heterocycles. The average Bonchev–Trinajstić information content (AvgIpc) is 2.37. The smallest absolute Gasteiger partial charge is 0.231 e. The van der Waals surface area contributed by atoms with E-state index in [1.807, 2.05) is 0 Å². The number of hydrogen-bond acceptors (Lipinski definition) is 5. The fourth-order valence-corrected chi connectivity index (χ4v) is 2.47. The first-order chi connectivity index (χ1) is 8.06. The molecular formula is C10H15Cl2N5. The first-order valence-electron chi connectivity index (χ1n) is 5.58. The average molecular weight is 276 g/mol. The van der Waals surface area contributed by atoms with Crippen molar-refractivity contribution in [3.63, 3.8) is 0 Å². The second kappa shape index (κ2) is 5.33. The van der Waals surface area contributed by atoms with Gasteiger partial charge in [0.1, 0.15) is 0 Å². The van der Waals surface area contributed by atoms with Gasteiger partial charge in [-0.2, -0.15) is 15.0 Å². The van der Waals surface area contributed by atoms with Crippen molar-refractivity contribution in [2.45, 2.75) is 19.4 Å². The van der Waals surface area contributed by atoms with E-state index in [4.69, 9.17) is 23.2 Å². The fraction of sp³-hybridized carbons (Fsp3) is 0.700. The molecule has 17 heavy (non-hydrogen) atoms. The van der Waals surface area contributed by atoms with Gasteiger partial charge in [0.05, 0.1) is 0 Å². The van der Waals surface area contributed by atoms with Gasteiger partial charge in [0.25, 0.3) is 0 Å². The van der Waals surface area contributed by atoms with Crippen molar-refractivity contribution >= 4 is 29.2 Å². The maximum Gasteiger partial charge on any atom is 0.231 e. The van der Waals surface area contributed by atoms with E-state index in [1.165, 1.54) is 0 Å². The number of anilines is 1. The highest BCUT2D eigenvalue weighted by Crippen LogP contribution is 2.18. The molecule has 1 aromatic heterocycles. The molecule has 1 aliphatic rings. The van der Waals surface area contributed by atoms with Crippen LogP contribution in [-0.2, 0) is 0 Å². The topological polar surface area (TPSA) is 45.2 Å². The largest absolute Gasteiger partial charge is 0.337 e. The maximum atomic E-state index is 5.80. The van der Waals surface area contributed by atoms with Crippen LogP contribution in [0.5, 0.6) is 0 Å². The van der Waals surface area contributed by atoms with Crippen molar-refractivity contribution < 1.29 is 0 Å². The first-order valence-corrected chi connectivity index (χ1v) is 6.34. The van der Waals surface area contributed by atoms with Crippen LogP contribution >= 0.6 is 23.2 Å². The van der Waals surface area contributed by atoms with Gasteiger partial charge in [-0.1, -0.05) is 0 Å². The van der Waals surface area contributed by atoms with E-state index < -0.39 is 0 Å². The Morgan fingerprint density at radius 3 is 2.41 bits per heavy atom. The Kier molecular flexibility index (Phi) is 4.01. The van der Waals surface area contributed by atoms with Crippen LogP contribution in [0.25, 0.3) is 0 Å². The Balaban J connectivity index is 2.25. The van der Waals surface area contributed by atoms with Crippen molar-refractivity contribution in [3.05, 3.63) is 10.6 Å². The lowest BCUT2D eigenvalue weighted by molar-refractivity contribution is 0.337. The monoisotopic (exact) mass is 275 g/mol.